The van der Waals surface area contributed by atoms with Crippen LogP contribution in [0.3, 0.4) is 0 Å². The Morgan fingerprint density at radius 3 is 2.25 bits per heavy atom. The lowest BCUT2D eigenvalue weighted by atomic mass is 9.92. The number of hydrogen-bond donors (Lipinski definition) is 1. The van der Waals surface area contributed by atoms with E-state index in [1.165, 1.54) is 12.1 Å². The van der Waals surface area contributed by atoms with Crippen molar-refractivity contribution in [3.05, 3.63) is 62.6 Å². The Balaban J connectivity index is 1.94. The number of halogens is 6. The van der Waals surface area contributed by atoms with Gasteiger partial charge < -0.3 is 10.1 Å². The minimum atomic E-state index is -4.96. The van der Waals surface area contributed by atoms with Gasteiger partial charge in [-0.1, -0.05) is 53.9 Å². The molecule has 2 amide bonds. The summed E-state index contributed by atoms with van der Waals surface area (Å²) in [6.45, 7) is 2.65. The van der Waals surface area contributed by atoms with E-state index in [-0.39, 0.29) is 32.7 Å². The van der Waals surface area contributed by atoms with Crippen LogP contribution in [0.5, 0.6) is 0 Å². The van der Waals surface area contributed by atoms with Gasteiger partial charge in [0.15, 0.2) is 0 Å². The zero-order valence-corrected chi connectivity index (χ0v) is 19.2. The second kappa shape index (κ2) is 9.00. The number of nitrogens with one attached hydrogen (secondary N) is 1. The first-order chi connectivity index (χ1) is 14.9. The van der Waals surface area contributed by atoms with Gasteiger partial charge in [0.2, 0.25) is 5.91 Å². The number of amides is 2. The summed E-state index contributed by atoms with van der Waals surface area (Å²) in [5.41, 5.74) is -2.50. The van der Waals surface area contributed by atoms with Gasteiger partial charge in [0.25, 0.3) is 5.60 Å². The summed E-state index contributed by atoms with van der Waals surface area (Å²) in [5.74, 6) is -0.139. The summed E-state index contributed by atoms with van der Waals surface area (Å²) < 4.78 is 47.5. The van der Waals surface area contributed by atoms with Gasteiger partial charge in [0.05, 0.1) is 27.7 Å². The van der Waals surface area contributed by atoms with Crippen molar-refractivity contribution in [3.63, 3.8) is 0 Å². The average Bonchev–Trinajstić information content (AvgIpc) is 3.10. The van der Waals surface area contributed by atoms with Gasteiger partial charge in [-0.3, -0.25) is 9.69 Å². The Morgan fingerprint density at radius 2 is 1.75 bits per heavy atom. The van der Waals surface area contributed by atoms with Gasteiger partial charge in [-0.15, -0.1) is 0 Å². The summed E-state index contributed by atoms with van der Waals surface area (Å²) in [7, 11) is 0. The van der Waals surface area contributed by atoms with Crippen LogP contribution in [0.4, 0.5) is 23.7 Å². The molecule has 1 heterocycles. The predicted molar refractivity (Wildman–Crippen MR) is 116 cm³/mol. The molecule has 172 valence electrons. The predicted octanol–water partition coefficient (Wildman–Crippen LogP) is 6.65. The maximum absolute atomic E-state index is 14.2. The molecule has 3 rings (SSSR count). The second-order valence-corrected chi connectivity index (χ2v) is 8.46. The van der Waals surface area contributed by atoms with E-state index in [4.69, 9.17) is 39.5 Å². The second-order valence-electron chi connectivity index (χ2n) is 7.27. The first-order valence-corrected chi connectivity index (χ1v) is 10.6. The van der Waals surface area contributed by atoms with E-state index in [0.717, 1.165) is 22.6 Å². The van der Waals surface area contributed by atoms with Crippen molar-refractivity contribution >= 4 is 52.5 Å². The normalized spacial score (nSPS) is 19.6. The lowest BCUT2D eigenvalue weighted by molar-refractivity contribution is -0.250. The van der Waals surface area contributed by atoms with Gasteiger partial charge in [-0.2, -0.15) is 13.2 Å². The van der Waals surface area contributed by atoms with Crippen molar-refractivity contribution in [1.29, 1.82) is 0 Å². The molecule has 2 aromatic carbocycles. The van der Waals surface area contributed by atoms with Crippen molar-refractivity contribution in [1.82, 2.24) is 5.32 Å². The molecule has 1 aliphatic rings. The molecule has 11 heteroatoms. The van der Waals surface area contributed by atoms with E-state index >= 15 is 0 Å². The summed E-state index contributed by atoms with van der Waals surface area (Å²) in [6.07, 6.45) is -5.82. The molecule has 1 fully saturated rings. The standard InChI is InChI=1S/C21H18Cl3F3N2O3/c1-3-17(30)28-11(2)12-4-6-14(7-5-12)29-10-20(21(25,26)27,32-19(29)31)13-8-15(22)18(24)16(23)9-13/h4-9,11H,3,10H2,1-2H3,(H,28,30). The minimum absolute atomic E-state index is 0.101. The third-order valence-electron chi connectivity index (χ3n) is 5.17. The van der Waals surface area contributed by atoms with Crippen LogP contribution in [-0.2, 0) is 15.1 Å². The highest BCUT2D eigenvalue weighted by molar-refractivity contribution is 6.48. The molecule has 5 nitrogen and oxygen atoms in total. The summed E-state index contributed by atoms with van der Waals surface area (Å²) in [4.78, 5) is 25.0. The molecule has 32 heavy (non-hydrogen) atoms. The van der Waals surface area contributed by atoms with Crippen LogP contribution in [0.25, 0.3) is 0 Å². The summed E-state index contributed by atoms with van der Waals surface area (Å²) in [5, 5.41) is 2.29. The van der Waals surface area contributed by atoms with Crippen molar-refractivity contribution in [2.75, 3.05) is 11.4 Å². The highest BCUT2D eigenvalue weighted by atomic mass is 35.5. The van der Waals surface area contributed by atoms with Gasteiger partial charge in [-0.05, 0) is 36.8 Å². The molecule has 0 spiro atoms. The number of benzene rings is 2. The van der Waals surface area contributed by atoms with Gasteiger partial charge in [0, 0.05) is 17.7 Å². The Hall–Kier alpha value is -2.16. The van der Waals surface area contributed by atoms with Crippen molar-refractivity contribution in [2.24, 2.45) is 0 Å². The highest BCUT2D eigenvalue weighted by Gasteiger charge is 2.65. The van der Waals surface area contributed by atoms with Crippen LogP contribution in [0.15, 0.2) is 36.4 Å². The number of alkyl halides is 3. The quantitative estimate of drug-likeness (QED) is 0.459. The van der Waals surface area contributed by atoms with Crippen LogP contribution < -0.4 is 10.2 Å². The Kier molecular flexibility index (Phi) is 6.88. The van der Waals surface area contributed by atoms with Crippen molar-refractivity contribution in [3.8, 4) is 0 Å². The fourth-order valence-corrected chi connectivity index (χ4v) is 3.94. The lowest BCUT2D eigenvalue weighted by Gasteiger charge is -2.30. The molecule has 2 aromatic rings. The van der Waals surface area contributed by atoms with Crippen LogP contribution >= 0.6 is 34.8 Å². The Morgan fingerprint density at radius 1 is 1.19 bits per heavy atom. The molecular formula is C21H18Cl3F3N2O3. The smallest absolute Gasteiger partial charge is 0.426 e. The van der Waals surface area contributed by atoms with Crippen LogP contribution in [-0.4, -0.2) is 24.7 Å². The van der Waals surface area contributed by atoms with Crippen molar-refractivity contribution < 1.29 is 27.5 Å². The van der Waals surface area contributed by atoms with Crippen LogP contribution in [0.2, 0.25) is 15.1 Å². The molecule has 1 N–H and O–H groups in total. The first kappa shape index (κ1) is 24.5. The maximum Gasteiger partial charge on any atom is 0.434 e. The number of carbonyl (C=O) groups is 2. The number of anilines is 1. The topological polar surface area (TPSA) is 58.6 Å². The fourth-order valence-electron chi connectivity index (χ4n) is 3.34. The zero-order chi connectivity index (χ0) is 23.8. The number of cyclic esters (lactones) is 1. The molecule has 0 bridgehead atoms. The number of rotatable bonds is 5. The largest absolute Gasteiger partial charge is 0.434 e. The molecular weight excluding hydrogens is 492 g/mol. The highest BCUT2D eigenvalue weighted by Crippen LogP contribution is 2.49. The third-order valence-corrected chi connectivity index (χ3v) is 6.37. The molecule has 0 radical (unpaired) electrons. The maximum atomic E-state index is 14.2. The van der Waals surface area contributed by atoms with E-state index in [9.17, 15) is 22.8 Å². The van der Waals surface area contributed by atoms with E-state index in [2.05, 4.69) is 5.32 Å². The van der Waals surface area contributed by atoms with Crippen molar-refractivity contribution in [2.45, 2.75) is 38.1 Å². The number of carbonyl (C=O) groups excluding carboxylic acids is 2. The van der Waals surface area contributed by atoms with Crippen LogP contribution in [0, 0.1) is 0 Å². The van der Waals surface area contributed by atoms with E-state index in [0.29, 0.717) is 6.42 Å². The van der Waals surface area contributed by atoms with Gasteiger partial charge in [0.1, 0.15) is 0 Å². The van der Waals surface area contributed by atoms with E-state index in [1.807, 2.05) is 0 Å². The van der Waals surface area contributed by atoms with E-state index in [1.54, 1.807) is 26.0 Å². The molecule has 1 aliphatic heterocycles. The zero-order valence-electron chi connectivity index (χ0n) is 16.9. The monoisotopic (exact) mass is 508 g/mol. The number of nitrogens with zero attached hydrogens (tertiary/aromatic N) is 1. The minimum Gasteiger partial charge on any atom is -0.426 e. The molecule has 0 aliphatic carbocycles. The Bertz CT molecular complexity index is 1020. The Labute approximate surface area is 197 Å². The molecule has 0 saturated carbocycles. The van der Waals surface area contributed by atoms with Gasteiger partial charge in [-0.25, -0.2) is 4.79 Å². The third kappa shape index (κ3) is 4.49. The first-order valence-electron chi connectivity index (χ1n) is 9.51. The fraction of sp³-hybridized carbons (Fsp3) is 0.333. The SMILES string of the molecule is CCC(=O)NC(C)c1ccc(N2CC(c3cc(Cl)c(Cl)c(Cl)c3)(C(F)(F)F)OC2=O)cc1. The number of hydrogen-bond acceptors (Lipinski definition) is 3. The molecule has 0 aromatic heterocycles. The number of ether oxygens (including phenoxy) is 1. The lowest BCUT2D eigenvalue weighted by Crippen LogP contribution is -2.46. The molecule has 2 unspecified atom stereocenters. The van der Waals surface area contributed by atoms with Crippen LogP contribution in [0.1, 0.15) is 37.4 Å². The summed E-state index contributed by atoms with van der Waals surface area (Å²) >= 11 is 17.7. The molecule has 1 saturated heterocycles. The van der Waals surface area contributed by atoms with Gasteiger partial charge >= 0.3 is 12.3 Å². The average molecular weight is 510 g/mol. The van der Waals surface area contributed by atoms with E-state index < -0.39 is 30.0 Å². The summed E-state index contributed by atoms with van der Waals surface area (Å²) in [6, 6.07) is 7.87. The molecule has 2 atom stereocenters.